The molecule has 2 heterocycles. The van der Waals surface area contributed by atoms with Gasteiger partial charge in [0.05, 0.1) is 0 Å². The Morgan fingerprint density at radius 3 is 2.85 bits per heavy atom. The molecule has 0 spiro atoms. The van der Waals surface area contributed by atoms with Crippen molar-refractivity contribution in [1.82, 2.24) is 0 Å². The molecular weight excluding hydrogens is 266 g/mol. The van der Waals surface area contributed by atoms with Crippen LogP contribution in [0.1, 0.15) is 17.2 Å². The first kappa shape index (κ1) is 11.7. The summed E-state index contributed by atoms with van der Waals surface area (Å²) in [6.45, 7) is 0.634. The average Bonchev–Trinajstić information content (AvgIpc) is 3.17. The zero-order valence-corrected chi connectivity index (χ0v) is 11.6. The minimum atomic E-state index is 0.134. The molecule has 3 aromatic rings. The molecule has 0 saturated heterocycles. The van der Waals surface area contributed by atoms with E-state index in [4.69, 9.17) is 9.73 Å². The fourth-order valence-corrected chi connectivity index (χ4v) is 3.28. The molecule has 0 fully saturated rings. The third kappa shape index (κ3) is 1.91. The second kappa shape index (κ2) is 4.76. The zero-order chi connectivity index (χ0) is 13.4. The number of rotatable bonds is 2. The summed E-state index contributed by atoms with van der Waals surface area (Å²) in [5.74, 6) is 0.762. The second-order valence-corrected chi connectivity index (χ2v) is 5.62. The minimum Gasteiger partial charge on any atom is -0.475 e. The first-order valence-corrected chi connectivity index (χ1v) is 7.57. The SMILES string of the molecule is c1ccc2c(C3=N[C@H](c4ccsc4)CO3)cccc2c1. The Morgan fingerprint density at radius 1 is 1.05 bits per heavy atom. The summed E-state index contributed by atoms with van der Waals surface area (Å²) in [5, 5.41) is 6.64. The summed E-state index contributed by atoms with van der Waals surface area (Å²) in [6.07, 6.45) is 0. The smallest absolute Gasteiger partial charge is 0.217 e. The van der Waals surface area contributed by atoms with Crippen LogP contribution in [0.3, 0.4) is 0 Å². The normalized spacial score (nSPS) is 18.0. The Kier molecular flexibility index (Phi) is 2.78. The molecule has 0 saturated carbocycles. The van der Waals surface area contributed by atoms with Crippen LogP contribution < -0.4 is 0 Å². The van der Waals surface area contributed by atoms with Crippen molar-refractivity contribution in [3.05, 3.63) is 70.4 Å². The quantitative estimate of drug-likeness (QED) is 0.680. The van der Waals surface area contributed by atoms with E-state index in [0.29, 0.717) is 6.61 Å². The lowest BCUT2D eigenvalue weighted by atomic mass is 10.0. The molecule has 0 bridgehead atoms. The highest BCUT2D eigenvalue weighted by Crippen LogP contribution is 2.29. The van der Waals surface area contributed by atoms with E-state index in [2.05, 4.69) is 59.3 Å². The molecule has 0 N–H and O–H groups in total. The van der Waals surface area contributed by atoms with Gasteiger partial charge >= 0.3 is 0 Å². The maximum Gasteiger partial charge on any atom is 0.217 e. The standard InChI is InChI=1S/C17H13NOS/c1-2-6-14-12(4-1)5-3-7-15(14)17-18-16(10-19-17)13-8-9-20-11-13/h1-9,11,16H,10H2/t16-/m0/s1. The van der Waals surface area contributed by atoms with Gasteiger partial charge in [-0.3, -0.25) is 0 Å². The fourth-order valence-electron chi connectivity index (χ4n) is 2.57. The lowest BCUT2D eigenvalue weighted by Gasteiger charge is -2.05. The van der Waals surface area contributed by atoms with E-state index in [1.54, 1.807) is 11.3 Å². The number of hydrogen-bond donors (Lipinski definition) is 0. The van der Waals surface area contributed by atoms with Crippen molar-refractivity contribution < 1.29 is 4.74 Å². The van der Waals surface area contributed by atoms with E-state index >= 15 is 0 Å². The lowest BCUT2D eigenvalue weighted by molar-refractivity contribution is 0.320. The van der Waals surface area contributed by atoms with Crippen LogP contribution >= 0.6 is 11.3 Å². The molecule has 1 aliphatic rings. The van der Waals surface area contributed by atoms with Crippen LogP contribution in [-0.2, 0) is 4.74 Å². The Balaban J connectivity index is 1.79. The number of fused-ring (bicyclic) bond motifs is 1. The molecule has 0 aliphatic carbocycles. The van der Waals surface area contributed by atoms with Gasteiger partial charge in [-0.05, 0) is 39.2 Å². The van der Waals surface area contributed by atoms with Crippen molar-refractivity contribution in [3.8, 4) is 0 Å². The molecule has 2 aromatic carbocycles. The topological polar surface area (TPSA) is 21.6 Å². The van der Waals surface area contributed by atoms with Gasteiger partial charge in [0, 0.05) is 5.56 Å². The van der Waals surface area contributed by atoms with Gasteiger partial charge in [-0.1, -0.05) is 36.4 Å². The zero-order valence-electron chi connectivity index (χ0n) is 10.8. The first-order valence-electron chi connectivity index (χ1n) is 6.62. The maximum absolute atomic E-state index is 5.84. The molecular formula is C17H13NOS. The summed E-state index contributed by atoms with van der Waals surface area (Å²) in [6, 6.07) is 16.8. The third-order valence-electron chi connectivity index (χ3n) is 3.60. The number of aliphatic imine (C=N–C) groups is 1. The highest BCUT2D eigenvalue weighted by molar-refractivity contribution is 7.08. The van der Waals surface area contributed by atoms with Crippen LogP contribution in [0.5, 0.6) is 0 Å². The number of nitrogens with zero attached hydrogens (tertiary/aromatic N) is 1. The average molecular weight is 279 g/mol. The molecule has 98 valence electrons. The highest BCUT2D eigenvalue weighted by atomic mass is 32.1. The maximum atomic E-state index is 5.84. The van der Waals surface area contributed by atoms with E-state index in [9.17, 15) is 0 Å². The predicted octanol–water partition coefficient (Wildman–Crippen LogP) is 4.42. The lowest BCUT2D eigenvalue weighted by Crippen LogP contribution is -2.01. The summed E-state index contributed by atoms with van der Waals surface area (Å²) in [4.78, 5) is 4.75. The van der Waals surface area contributed by atoms with Gasteiger partial charge in [-0.2, -0.15) is 11.3 Å². The largest absolute Gasteiger partial charge is 0.475 e. The molecule has 0 amide bonds. The minimum absolute atomic E-state index is 0.134. The van der Waals surface area contributed by atoms with Crippen LogP contribution in [0, 0.1) is 0 Å². The van der Waals surface area contributed by atoms with Crippen LogP contribution in [0.15, 0.2) is 64.3 Å². The molecule has 0 radical (unpaired) electrons. The summed E-state index contributed by atoms with van der Waals surface area (Å²) in [7, 11) is 0. The van der Waals surface area contributed by atoms with E-state index in [1.807, 2.05) is 0 Å². The highest BCUT2D eigenvalue weighted by Gasteiger charge is 2.22. The second-order valence-electron chi connectivity index (χ2n) is 4.84. The van der Waals surface area contributed by atoms with E-state index in [1.165, 1.54) is 16.3 Å². The van der Waals surface area contributed by atoms with Gasteiger partial charge < -0.3 is 4.74 Å². The molecule has 1 aromatic heterocycles. The predicted molar refractivity (Wildman–Crippen MR) is 83.5 cm³/mol. The number of thiophene rings is 1. The van der Waals surface area contributed by atoms with Gasteiger partial charge in [0.2, 0.25) is 5.90 Å². The Bertz CT molecular complexity index is 771. The Hall–Kier alpha value is -2.13. The molecule has 3 heteroatoms. The number of ether oxygens (including phenoxy) is 1. The van der Waals surface area contributed by atoms with Gasteiger partial charge in [0.25, 0.3) is 0 Å². The van der Waals surface area contributed by atoms with Crippen molar-refractivity contribution in [2.45, 2.75) is 6.04 Å². The van der Waals surface area contributed by atoms with Crippen molar-refractivity contribution in [2.24, 2.45) is 4.99 Å². The molecule has 0 unspecified atom stereocenters. The molecule has 2 nitrogen and oxygen atoms in total. The van der Waals surface area contributed by atoms with Crippen molar-refractivity contribution in [3.63, 3.8) is 0 Å². The van der Waals surface area contributed by atoms with Gasteiger partial charge in [-0.25, -0.2) is 4.99 Å². The van der Waals surface area contributed by atoms with Gasteiger partial charge in [0.1, 0.15) is 12.6 Å². The third-order valence-corrected chi connectivity index (χ3v) is 4.30. The van der Waals surface area contributed by atoms with Crippen LogP contribution in [0.4, 0.5) is 0 Å². The monoisotopic (exact) mass is 279 g/mol. The van der Waals surface area contributed by atoms with Crippen LogP contribution in [0.2, 0.25) is 0 Å². The van der Waals surface area contributed by atoms with Crippen molar-refractivity contribution >= 4 is 28.0 Å². The Labute approximate surface area is 121 Å². The molecule has 1 atom stereocenters. The fraction of sp³-hybridized carbons (Fsp3) is 0.118. The van der Waals surface area contributed by atoms with Gasteiger partial charge in [-0.15, -0.1) is 0 Å². The molecule has 4 rings (SSSR count). The van der Waals surface area contributed by atoms with Crippen LogP contribution in [0.25, 0.3) is 10.8 Å². The van der Waals surface area contributed by atoms with E-state index < -0.39 is 0 Å². The van der Waals surface area contributed by atoms with Crippen molar-refractivity contribution in [2.75, 3.05) is 6.61 Å². The number of hydrogen-bond acceptors (Lipinski definition) is 3. The van der Waals surface area contributed by atoms with Gasteiger partial charge in [0.15, 0.2) is 0 Å². The first-order chi connectivity index (χ1) is 9.92. The van der Waals surface area contributed by atoms with Crippen molar-refractivity contribution in [1.29, 1.82) is 0 Å². The summed E-state index contributed by atoms with van der Waals surface area (Å²) < 4.78 is 5.84. The van der Waals surface area contributed by atoms with E-state index in [-0.39, 0.29) is 6.04 Å². The summed E-state index contributed by atoms with van der Waals surface area (Å²) >= 11 is 1.70. The number of benzene rings is 2. The van der Waals surface area contributed by atoms with E-state index in [0.717, 1.165) is 11.5 Å². The molecule has 1 aliphatic heterocycles. The Morgan fingerprint density at radius 2 is 1.95 bits per heavy atom. The van der Waals surface area contributed by atoms with Crippen LogP contribution in [-0.4, -0.2) is 12.5 Å². The summed E-state index contributed by atoms with van der Waals surface area (Å²) in [5.41, 5.74) is 2.33. The molecule has 20 heavy (non-hydrogen) atoms.